The second-order valence-electron chi connectivity index (χ2n) is 5.45. The molecule has 7 nitrogen and oxygen atoms in total. The minimum atomic E-state index is 0.589. The Bertz CT molecular complexity index is 652. The smallest absolute Gasteiger partial charge is 0.247 e. The topological polar surface area (TPSA) is 74.2 Å². The minimum absolute atomic E-state index is 0.589. The van der Waals surface area contributed by atoms with Crippen molar-refractivity contribution in [2.75, 3.05) is 36.4 Å². The first kappa shape index (κ1) is 15.2. The molecule has 1 amide bonds. The van der Waals surface area contributed by atoms with E-state index in [4.69, 9.17) is 0 Å². The molecule has 0 aliphatic carbocycles. The molecule has 120 valence electrons. The molecule has 1 N–H and O–H groups in total. The van der Waals surface area contributed by atoms with Crippen LogP contribution in [-0.2, 0) is 11.2 Å². The highest BCUT2D eigenvalue weighted by Gasteiger charge is 2.18. The summed E-state index contributed by atoms with van der Waals surface area (Å²) < 4.78 is 0. The monoisotopic (exact) mass is 312 g/mol. The van der Waals surface area contributed by atoms with Crippen LogP contribution in [0.15, 0.2) is 30.5 Å². The van der Waals surface area contributed by atoms with Crippen LogP contribution >= 0.6 is 0 Å². The van der Waals surface area contributed by atoms with E-state index in [0.717, 1.165) is 31.6 Å². The minimum Gasteiger partial charge on any atom is -0.342 e. The van der Waals surface area contributed by atoms with E-state index in [1.54, 1.807) is 11.1 Å². The number of aromatic nitrogens is 3. The van der Waals surface area contributed by atoms with Crippen molar-refractivity contribution in [3.8, 4) is 0 Å². The maximum atomic E-state index is 10.8. The molecule has 2 heterocycles. The number of anilines is 3. The number of piperazine rings is 1. The molecule has 0 atom stereocenters. The zero-order valence-corrected chi connectivity index (χ0v) is 13.1. The van der Waals surface area contributed by atoms with Crippen molar-refractivity contribution in [1.82, 2.24) is 20.1 Å². The van der Waals surface area contributed by atoms with Gasteiger partial charge in [0.1, 0.15) is 0 Å². The third kappa shape index (κ3) is 3.74. The molecule has 1 aliphatic rings. The van der Waals surface area contributed by atoms with E-state index in [1.165, 1.54) is 5.56 Å². The van der Waals surface area contributed by atoms with Crippen LogP contribution in [0.4, 0.5) is 17.5 Å². The van der Waals surface area contributed by atoms with Crippen LogP contribution in [0.1, 0.15) is 12.5 Å². The van der Waals surface area contributed by atoms with Crippen molar-refractivity contribution in [3.63, 3.8) is 0 Å². The fourth-order valence-electron chi connectivity index (χ4n) is 2.49. The number of nitrogens with zero attached hydrogens (tertiary/aromatic N) is 5. The molecule has 23 heavy (non-hydrogen) atoms. The van der Waals surface area contributed by atoms with E-state index in [2.05, 4.69) is 39.6 Å². The van der Waals surface area contributed by atoms with Crippen molar-refractivity contribution in [2.24, 2.45) is 0 Å². The van der Waals surface area contributed by atoms with Gasteiger partial charge in [0.2, 0.25) is 12.4 Å². The Morgan fingerprint density at radius 3 is 2.57 bits per heavy atom. The number of hydrogen-bond donors (Lipinski definition) is 1. The van der Waals surface area contributed by atoms with Crippen LogP contribution in [0.5, 0.6) is 0 Å². The maximum Gasteiger partial charge on any atom is 0.247 e. The number of aryl methyl sites for hydroxylation is 1. The van der Waals surface area contributed by atoms with Crippen LogP contribution in [0.25, 0.3) is 0 Å². The Hall–Kier alpha value is -2.70. The molecule has 1 aromatic heterocycles. The average molecular weight is 312 g/mol. The Morgan fingerprint density at radius 1 is 1.17 bits per heavy atom. The molecule has 7 heteroatoms. The fraction of sp³-hybridized carbons (Fsp3) is 0.375. The molecule has 1 aromatic carbocycles. The SMILES string of the molecule is CCc1ccc(Nc2cnnc(N3CCN(C=O)CC3)n2)cc1. The lowest BCUT2D eigenvalue weighted by atomic mass is 10.1. The van der Waals surface area contributed by atoms with Crippen LogP contribution in [0.2, 0.25) is 0 Å². The van der Waals surface area contributed by atoms with Gasteiger partial charge in [-0.3, -0.25) is 4.79 Å². The zero-order chi connectivity index (χ0) is 16.1. The summed E-state index contributed by atoms with van der Waals surface area (Å²) in [6.07, 6.45) is 3.51. The van der Waals surface area contributed by atoms with Crippen molar-refractivity contribution in [3.05, 3.63) is 36.0 Å². The van der Waals surface area contributed by atoms with Gasteiger partial charge < -0.3 is 15.1 Å². The molecule has 0 spiro atoms. The lowest BCUT2D eigenvalue weighted by Gasteiger charge is -2.32. The first-order valence-electron chi connectivity index (χ1n) is 7.78. The third-order valence-corrected chi connectivity index (χ3v) is 3.93. The molecule has 0 radical (unpaired) electrons. The molecular formula is C16H20N6O. The summed E-state index contributed by atoms with van der Waals surface area (Å²) in [6, 6.07) is 8.25. The van der Waals surface area contributed by atoms with Crippen molar-refractivity contribution in [1.29, 1.82) is 0 Å². The van der Waals surface area contributed by atoms with Crippen molar-refractivity contribution >= 4 is 23.9 Å². The van der Waals surface area contributed by atoms with Gasteiger partial charge in [-0.15, -0.1) is 5.10 Å². The zero-order valence-electron chi connectivity index (χ0n) is 13.1. The molecule has 2 aromatic rings. The maximum absolute atomic E-state index is 10.8. The van der Waals surface area contributed by atoms with Gasteiger partial charge in [0.15, 0.2) is 5.82 Å². The number of benzene rings is 1. The standard InChI is InChI=1S/C16H20N6O/c1-2-13-3-5-14(6-4-13)18-15-11-17-20-16(19-15)22-9-7-21(12-23)8-10-22/h3-6,11-12H,2,7-10H2,1H3,(H,18,19,20). The number of rotatable bonds is 5. The van der Waals surface area contributed by atoms with Crippen molar-refractivity contribution < 1.29 is 4.79 Å². The van der Waals surface area contributed by atoms with Gasteiger partial charge in [0, 0.05) is 31.9 Å². The predicted octanol–water partition coefficient (Wildman–Crippen LogP) is 1.46. The lowest BCUT2D eigenvalue weighted by Crippen LogP contribution is -2.46. The van der Waals surface area contributed by atoms with Crippen LogP contribution < -0.4 is 10.2 Å². The highest BCUT2D eigenvalue weighted by atomic mass is 16.1. The summed E-state index contributed by atoms with van der Waals surface area (Å²) in [5, 5.41) is 11.4. The van der Waals surface area contributed by atoms with E-state index in [0.29, 0.717) is 24.9 Å². The number of amides is 1. The van der Waals surface area contributed by atoms with Gasteiger partial charge >= 0.3 is 0 Å². The van der Waals surface area contributed by atoms with Crippen molar-refractivity contribution in [2.45, 2.75) is 13.3 Å². The fourth-order valence-corrected chi connectivity index (χ4v) is 2.49. The largest absolute Gasteiger partial charge is 0.342 e. The lowest BCUT2D eigenvalue weighted by molar-refractivity contribution is -0.118. The summed E-state index contributed by atoms with van der Waals surface area (Å²) in [7, 11) is 0. The second-order valence-corrected chi connectivity index (χ2v) is 5.45. The van der Waals surface area contributed by atoms with Crippen LogP contribution in [0.3, 0.4) is 0 Å². The summed E-state index contributed by atoms with van der Waals surface area (Å²) in [5.74, 6) is 1.25. The van der Waals surface area contributed by atoms with Crippen LogP contribution in [-0.4, -0.2) is 52.7 Å². The predicted molar refractivity (Wildman–Crippen MR) is 88.8 cm³/mol. The molecule has 1 saturated heterocycles. The van der Waals surface area contributed by atoms with E-state index in [9.17, 15) is 4.79 Å². The molecule has 0 saturated carbocycles. The first-order valence-corrected chi connectivity index (χ1v) is 7.78. The van der Waals surface area contributed by atoms with Gasteiger partial charge in [0.25, 0.3) is 0 Å². The van der Waals surface area contributed by atoms with Gasteiger partial charge in [0.05, 0.1) is 6.20 Å². The molecule has 0 bridgehead atoms. The number of carbonyl (C=O) groups excluding carboxylic acids is 1. The van der Waals surface area contributed by atoms with Gasteiger partial charge in [-0.05, 0) is 24.1 Å². The Morgan fingerprint density at radius 2 is 1.91 bits per heavy atom. The normalized spacial score (nSPS) is 14.7. The molecular weight excluding hydrogens is 292 g/mol. The Kier molecular flexibility index (Phi) is 4.65. The molecule has 0 unspecified atom stereocenters. The summed E-state index contributed by atoms with van der Waals surface area (Å²) in [6.45, 7) is 4.93. The first-order chi connectivity index (χ1) is 11.3. The van der Waals surface area contributed by atoms with E-state index in [-0.39, 0.29) is 0 Å². The molecule has 3 rings (SSSR count). The summed E-state index contributed by atoms with van der Waals surface area (Å²) in [4.78, 5) is 19.1. The van der Waals surface area contributed by atoms with Gasteiger partial charge in [-0.1, -0.05) is 19.1 Å². The molecule has 1 aliphatic heterocycles. The van der Waals surface area contributed by atoms with E-state index in [1.807, 2.05) is 17.0 Å². The average Bonchev–Trinajstić information content (AvgIpc) is 2.63. The van der Waals surface area contributed by atoms with Gasteiger partial charge in [-0.2, -0.15) is 10.1 Å². The summed E-state index contributed by atoms with van der Waals surface area (Å²) >= 11 is 0. The number of nitrogens with one attached hydrogen (secondary N) is 1. The van der Waals surface area contributed by atoms with E-state index >= 15 is 0 Å². The second kappa shape index (κ2) is 7.04. The van der Waals surface area contributed by atoms with E-state index < -0.39 is 0 Å². The highest BCUT2D eigenvalue weighted by Crippen LogP contribution is 2.17. The Balaban J connectivity index is 1.68. The van der Waals surface area contributed by atoms with Gasteiger partial charge in [-0.25, -0.2) is 0 Å². The molecule has 1 fully saturated rings. The summed E-state index contributed by atoms with van der Waals surface area (Å²) in [5.41, 5.74) is 2.27. The third-order valence-electron chi connectivity index (χ3n) is 3.93. The number of carbonyl (C=O) groups is 1. The quantitative estimate of drug-likeness (QED) is 0.843. The highest BCUT2D eigenvalue weighted by molar-refractivity contribution is 5.56. The number of hydrogen-bond acceptors (Lipinski definition) is 6. The Labute approximate surface area is 135 Å². The van der Waals surface area contributed by atoms with Crippen LogP contribution in [0, 0.1) is 0 Å².